The number of anilines is 1. The molecule has 2 atom stereocenters. The maximum atomic E-state index is 12.9. The fourth-order valence-electron chi connectivity index (χ4n) is 3.42. The number of nitrogens with zero attached hydrogens (tertiary/aromatic N) is 4. The Morgan fingerprint density at radius 2 is 1.89 bits per heavy atom. The van der Waals surface area contributed by atoms with Gasteiger partial charge in [-0.3, -0.25) is 9.48 Å². The van der Waals surface area contributed by atoms with Gasteiger partial charge in [0.1, 0.15) is 0 Å². The van der Waals surface area contributed by atoms with Crippen LogP contribution in [0.4, 0.5) is 5.69 Å². The zero-order chi connectivity index (χ0) is 17.8. The number of hydrogen-bond acceptors (Lipinski definition) is 4. The Labute approximate surface area is 173 Å². The first-order valence-corrected chi connectivity index (χ1v) is 8.76. The molecule has 27 heavy (non-hydrogen) atoms. The Morgan fingerprint density at radius 1 is 1.19 bits per heavy atom. The van der Waals surface area contributed by atoms with E-state index in [1.54, 1.807) is 4.68 Å². The van der Waals surface area contributed by atoms with Crippen LogP contribution in [0.1, 0.15) is 11.5 Å². The third-order valence-corrected chi connectivity index (χ3v) is 5.03. The predicted molar refractivity (Wildman–Crippen MR) is 114 cm³/mol. The maximum absolute atomic E-state index is 12.9. The van der Waals surface area contributed by atoms with E-state index in [0.717, 1.165) is 25.2 Å². The second kappa shape index (κ2) is 10.5. The fourth-order valence-corrected chi connectivity index (χ4v) is 3.42. The summed E-state index contributed by atoms with van der Waals surface area (Å²) in [7, 11) is 5.87. The zero-order valence-electron chi connectivity index (χ0n) is 16.0. The van der Waals surface area contributed by atoms with E-state index in [9.17, 15) is 4.79 Å². The Hall–Kier alpha value is -1.76. The number of rotatable bonds is 6. The number of nitrogens with one attached hydrogen (secondary N) is 1. The molecule has 0 aliphatic carbocycles. The van der Waals surface area contributed by atoms with Gasteiger partial charge in [0.25, 0.3) is 0 Å². The largest absolute Gasteiger partial charge is 0.373 e. The molecule has 0 saturated carbocycles. The molecule has 1 saturated heterocycles. The summed E-state index contributed by atoms with van der Waals surface area (Å²) in [6.45, 7) is 3.08. The molecule has 2 aromatic rings. The van der Waals surface area contributed by atoms with Crippen LogP contribution in [0.5, 0.6) is 0 Å². The summed E-state index contributed by atoms with van der Waals surface area (Å²) in [5.74, 6) is 0.395. The van der Waals surface area contributed by atoms with Crippen LogP contribution < -0.4 is 10.2 Å². The van der Waals surface area contributed by atoms with E-state index in [1.807, 2.05) is 49.6 Å². The normalized spacial score (nSPS) is 18.3. The molecule has 1 amide bonds. The summed E-state index contributed by atoms with van der Waals surface area (Å²) >= 11 is 0. The minimum absolute atomic E-state index is 0. The zero-order valence-corrected chi connectivity index (χ0v) is 17.7. The average molecular weight is 414 g/mol. The number of para-hydroxylation sites is 1. The molecule has 0 spiro atoms. The lowest BCUT2D eigenvalue weighted by Crippen LogP contribution is -2.40. The van der Waals surface area contributed by atoms with Crippen molar-refractivity contribution in [1.29, 1.82) is 0 Å². The monoisotopic (exact) mass is 413 g/mol. The molecule has 1 N–H and O–H groups in total. The number of amides is 1. The first kappa shape index (κ1) is 23.3. The van der Waals surface area contributed by atoms with Crippen molar-refractivity contribution in [2.24, 2.45) is 13.0 Å². The molecule has 150 valence electrons. The van der Waals surface area contributed by atoms with Crippen LogP contribution >= 0.6 is 24.8 Å². The van der Waals surface area contributed by atoms with E-state index in [0.29, 0.717) is 6.54 Å². The van der Waals surface area contributed by atoms with Crippen LogP contribution in [0.2, 0.25) is 0 Å². The highest BCUT2D eigenvalue weighted by atomic mass is 35.5. The molecule has 1 aromatic carbocycles. The average Bonchev–Trinajstić information content (AvgIpc) is 3.28. The van der Waals surface area contributed by atoms with Gasteiger partial charge in [-0.15, -0.1) is 24.8 Å². The first-order chi connectivity index (χ1) is 12.1. The molecule has 3 rings (SSSR count). The molecule has 1 fully saturated rings. The second-order valence-electron chi connectivity index (χ2n) is 6.84. The Balaban J connectivity index is 0.00000182. The number of halogens is 2. The van der Waals surface area contributed by atoms with Crippen molar-refractivity contribution in [2.75, 3.05) is 45.2 Å². The minimum atomic E-state index is -0.0174. The van der Waals surface area contributed by atoms with Crippen molar-refractivity contribution in [1.82, 2.24) is 20.0 Å². The molecule has 8 heteroatoms. The smallest absolute Gasteiger partial charge is 0.227 e. The number of hydrogen-bond donors (Lipinski definition) is 1. The number of likely N-dealkylation sites (N-methyl/N-ethyl adjacent to an activating group) is 2. The summed E-state index contributed by atoms with van der Waals surface area (Å²) in [4.78, 5) is 17.0. The highest BCUT2D eigenvalue weighted by Gasteiger charge is 2.36. The van der Waals surface area contributed by atoms with Gasteiger partial charge >= 0.3 is 0 Å². The van der Waals surface area contributed by atoms with Crippen molar-refractivity contribution in [3.8, 4) is 0 Å². The van der Waals surface area contributed by atoms with E-state index in [2.05, 4.69) is 34.5 Å². The van der Waals surface area contributed by atoms with Crippen LogP contribution in [0.15, 0.2) is 42.7 Å². The summed E-state index contributed by atoms with van der Waals surface area (Å²) < 4.78 is 1.80. The van der Waals surface area contributed by atoms with Gasteiger partial charge in [0, 0.05) is 65.1 Å². The van der Waals surface area contributed by atoms with E-state index in [4.69, 9.17) is 0 Å². The lowest BCUT2D eigenvalue weighted by Gasteiger charge is -2.27. The number of carbonyl (C=O) groups excluding carboxylic acids is 1. The van der Waals surface area contributed by atoms with Gasteiger partial charge in [-0.05, 0) is 17.7 Å². The predicted octanol–water partition coefficient (Wildman–Crippen LogP) is 2.16. The number of benzene rings is 1. The number of aryl methyl sites for hydroxylation is 1. The van der Waals surface area contributed by atoms with Crippen molar-refractivity contribution < 1.29 is 4.79 Å². The molecule has 2 heterocycles. The molecule has 1 aliphatic heterocycles. The number of carbonyl (C=O) groups is 1. The second-order valence-corrected chi connectivity index (χ2v) is 6.84. The Bertz CT molecular complexity index is 709. The number of aromatic nitrogens is 2. The van der Waals surface area contributed by atoms with E-state index in [1.165, 1.54) is 5.69 Å². The standard InChI is InChI=1S/C19H27N5O.2ClH/c1-22(16-7-5-4-6-8-16)9-10-23(2)19(25)18-13-20-12-17(18)15-11-21-24(3)14-15;;/h4-8,11,14,17-18,20H,9-10,12-13H2,1-3H3;2*1H/t17-,18+;;/m1../s1. The summed E-state index contributed by atoms with van der Waals surface area (Å²) in [5, 5.41) is 7.61. The highest BCUT2D eigenvalue weighted by Crippen LogP contribution is 2.29. The molecule has 0 bridgehead atoms. The van der Waals surface area contributed by atoms with Gasteiger partial charge in [0.2, 0.25) is 5.91 Å². The molecule has 6 nitrogen and oxygen atoms in total. The molecule has 0 radical (unpaired) electrons. The molecule has 0 unspecified atom stereocenters. The summed E-state index contributed by atoms with van der Waals surface area (Å²) in [5.41, 5.74) is 2.31. The van der Waals surface area contributed by atoms with Crippen molar-refractivity contribution >= 4 is 36.4 Å². The van der Waals surface area contributed by atoms with Crippen LogP contribution in [0, 0.1) is 5.92 Å². The van der Waals surface area contributed by atoms with Crippen LogP contribution in [-0.4, -0.2) is 60.9 Å². The van der Waals surface area contributed by atoms with Gasteiger partial charge in [0.05, 0.1) is 12.1 Å². The van der Waals surface area contributed by atoms with E-state index < -0.39 is 0 Å². The quantitative estimate of drug-likeness (QED) is 0.787. The lowest BCUT2D eigenvalue weighted by atomic mass is 9.90. The van der Waals surface area contributed by atoms with E-state index in [-0.39, 0.29) is 42.6 Å². The SMILES string of the molecule is CN(CCN(C)c1ccccc1)C(=O)[C@H]1CNC[C@@H]1c1cnn(C)c1.Cl.Cl. The Kier molecular flexibility index (Phi) is 9.09. The first-order valence-electron chi connectivity index (χ1n) is 8.76. The van der Waals surface area contributed by atoms with Crippen LogP contribution in [0.25, 0.3) is 0 Å². The Morgan fingerprint density at radius 3 is 2.52 bits per heavy atom. The third-order valence-electron chi connectivity index (χ3n) is 5.03. The minimum Gasteiger partial charge on any atom is -0.373 e. The maximum Gasteiger partial charge on any atom is 0.227 e. The van der Waals surface area contributed by atoms with E-state index >= 15 is 0 Å². The van der Waals surface area contributed by atoms with Gasteiger partial charge in [-0.2, -0.15) is 5.10 Å². The summed E-state index contributed by atoms with van der Waals surface area (Å²) in [6.07, 6.45) is 3.89. The molecule has 1 aromatic heterocycles. The topological polar surface area (TPSA) is 53.4 Å². The fraction of sp³-hybridized carbons (Fsp3) is 0.474. The van der Waals surface area contributed by atoms with Crippen molar-refractivity contribution in [2.45, 2.75) is 5.92 Å². The highest BCUT2D eigenvalue weighted by molar-refractivity contribution is 5.85. The van der Waals surface area contributed by atoms with Gasteiger partial charge < -0.3 is 15.1 Å². The van der Waals surface area contributed by atoms with Gasteiger partial charge in [0.15, 0.2) is 0 Å². The summed E-state index contributed by atoms with van der Waals surface area (Å²) in [6, 6.07) is 10.2. The van der Waals surface area contributed by atoms with Crippen molar-refractivity contribution in [3.05, 3.63) is 48.3 Å². The molecular formula is C19H29Cl2N5O. The molecular weight excluding hydrogens is 385 g/mol. The van der Waals surface area contributed by atoms with Crippen LogP contribution in [-0.2, 0) is 11.8 Å². The molecule has 1 aliphatic rings. The van der Waals surface area contributed by atoms with Crippen molar-refractivity contribution in [3.63, 3.8) is 0 Å². The lowest BCUT2D eigenvalue weighted by molar-refractivity contribution is -0.133. The van der Waals surface area contributed by atoms with Crippen LogP contribution in [0.3, 0.4) is 0 Å². The third kappa shape index (κ3) is 5.61. The van der Waals surface area contributed by atoms with Gasteiger partial charge in [-0.25, -0.2) is 0 Å². The van der Waals surface area contributed by atoms with Gasteiger partial charge in [-0.1, -0.05) is 18.2 Å².